The second kappa shape index (κ2) is 5.29. The minimum atomic E-state index is -1.02. The first-order chi connectivity index (χ1) is 7.56. The highest BCUT2D eigenvalue weighted by Gasteiger charge is 2.13. The van der Waals surface area contributed by atoms with Crippen molar-refractivity contribution in [3.63, 3.8) is 0 Å². The van der Waals surface area contributed by atoms with E-state index < -0.39 is 12.0 Å². The van der Waals surface area contributed by atoms with Gasteiger partial charge in [0, 0.05) is 18.9 Å². The molecule has 0 spiro atoms. The van der Waals surface area contributed by atoms with Gasteiger partial charge >= 0.3 is 5.97 Å². The van der Waals surface area contributed by atoms with Crippen molar-refractivity contribution in [2.24, 2.45) is 0 Å². The summed E-state index contributed by atoms with van der Waals surface area (Å²) in [5.41, 5.74) is -0.294. The van der Waals surface area contributed by atoms with Gasteiger partial charge in [-0.1, -0.05) is 6.92 Å². The molecular weight excluding hydrogens is 210 g/mol. The van der Waals surface area contributed by atoms with Crippen LogP contribution in [0.4, 0.5) is 5.82 Å². The third-order valence-electron chi connectivity index (χ3n) is 2.10. The number of hydrogen-bond donors (Lipinski definition) is 2. The van der Waals surface area contributed by atoms with E-state index in [0.717, 1.165) is 6.42 Å². The van der Waals surface area contributed by atoms with Crippen LogP contribution < -0.4 is 10.9 Å². The minimum absolute atomic E-state index is 0.0749. The number of aliphatic carboxylic acids is 1. The Morgan fingerprint density at radius 2 is 2.38 bits per heavy atom. The maximum Gasteiger partial charge on any atom is 0.325 e. The van der Waals surface area contributed by atoms with E-state index in [1.165, 1.54) is 17.7 Å². The molecule has 1 heterocycles. The van der Waals surface area contributed by atoms with Crippen LogP contribution in [0, 0.1) is 0 Å². The Hall–Kier alpha value is -1.85. The van der Waals surface area contributed by atoms with E-state index in [2.05, 4.69) is 10.3 Å². The average Bonchev–Trinajstić information content (AvgIpc) is 2.24. The van der Waals surface area contributed by atoms with Crippen molar-refractivity contribution in [3.05, 3.63) is 22.7 Å². The van der Waals surface area contributed by atoms with Gasteiger partial charge in [-0.3, -0.25) is 9.59 Å². The second-order valence-corrected chi connectivity index (χ2v) is 3.48. The van der Waals surface area contributed by atoms with Crippen LogP contribution in [0.1, 0.15) is 20.3 Å². The van der Waals surface area contributed by atoms with Gasteiger partial charge in [0.1, 0.15) is 6.04 Å². The summed E-state index contributed by atoms with van der Waals surface area (Å²) in [6.45, 7) is 4.01. The zero-order valence-electron chi connectivity index (χ0n) is 9.30. The van der Waals surface area contributed by atoms with Gasteiger partial charge in [-0.15, -0.1) is 0 Å². The number of hydrogen-bond acceptors (Lipinski definition) is 4. The summed E-state index contributed by atoms with van der Waals surface area (Å²) in [5, 5.41) is 11.3. The van der Waals surface area contributed by atoms with E-state index in [4.69, 9.17) is 5.11 Å². The van der Waals surface area contributed by atoms with Crippen LogP contribution in [0.3, 0.4) is 0 Å². The molecule has 6 nitrogen and oxygen atoms in total. The number of carboxylic acid groups (broad SMARTS) is 1. The molecule has 0 saturated heterocycles. The van der Waals surface area contributed by atoms with Gasteiger partial charge in [-0.05, 0) is 13.3 Å². The Bertz CT molecular complexity index is 428. The van der Waals surface area contributed by atoms with Crippen molar-refractivity contribution in [1.29, 1.82) is 0 Å². The van der Waals surface area contributed by atoms with Crippen LogP contribution in [-0.4, -0.2) is 26.7 Å². The Labute approximate surface area is 92.9 Å². The average molecular weight is 225 g/mol. The number of carboxylic acids is 1. The number of aryl methyl sites for hydroxylation is 1. The molecule has 88 valence electrons. The molecule has 1 unspecified atom stereocenters. The zero-order chi connectivity index (χ0) is 12.1. The van der Waals surface area contributed by atoms with Gasteiger partial charge in [-0.2, -0.15) is 0 Å². The van der Waals surface area contributed by atoms with Crippen LogP contribution in [-0.2, 0) is 11.3 Å². The highest BCUT2D eigenvalue weighted by atomic mass is 16.4. The summed E-state index contributed by atoms with van der Waals surface area (Å²) < 4.78 is 1.50. The third-order valence-corrected chi connectivity index (χ3v) is 2.10. The smallest absolute Gasteiger partial charge is 0.325 e. The lowest BCUT2D eigenvalue weighted by Crippen LogP contribution is -2.32. The van der Waals surface area contributed by atoms with Crippen LogP contribution >= 0.6 is 0 Å². The topological polar surface area (TPSA) is 84.2 Å². The Kier molecular flexibility index (Phi) is 4.04. The maximum atomic E-state index is 11.8. The lowest BCUT2D eigenvalue weighted by Gasteiger charge is -2.10. The Balaban J connectivity index is 2.93. The summed E-state index contributed by atoms with van der Waals surface area (Å²) in [4.78, 5) is 26.2. The van der Waals surface area contributed by atoms with Crippen molar-refractivity contribution in [3.8, 4) is 0 Å². The molecule has 0 fully saturated rings. The van der Waals surface area contributed by atoms with Crippen molar-refractivity contribution < 1.29 is 9.90 Å². The van der Waals surface area contributed by atoms with Crippen molar-refractivity contribution in [2.75, 3.05) is 5.32 Å². The van der Waals surface area contributed by atoms with Gasteiger partial charge in [0.15, 0.2) is 5.82 Å². The predicted octanol–water partition coefficient (Wildman–Crippen LogP) is 0.538. The Morgan fingerprint density at radius 3 is 2.94 bits per heavy atom. The molecule has 0 aliphatic heterocycles. The van der Waals surface area contributed by atoms with Crippen molar-refractivity contribution in [2.45, 2.75) is 32.9 Å². The first-order valence-electron chi connectivity index (χ1n) is 5.11. The SMILES string of the molecule is CCCn1ccnc(NC(C)C(=O)O)c1=O. The molecule has 0 radical (unpaired) electrons. The van der Waals surface area contributed by atoms with Crippen molar-refractivity contribution in [1.82, 2.24) is 9.55 Å². The summed E-state index contributed by atoms with van der Waals surface area (Å²) in [7, 11) is 0. The van der Waals surface area contributed by atoms with Crippen LogP contribution in [0.2, 0.25) is 0 Å². The first kappa shape index (κ1) is 12.2. The molecule has 1 aromatic heterocycles. The van der Waals surface area contributed by atoms with Crippen molar-refractivity contribution >= 4 is 11.8 Å². The number of nitrogens with zero attached hydrogens (tertiary/aromatic N) is 2. The number of rotatable bonds is 5. The van der Waals surface area contributed by atoms with E-state index in [1.807, 2.05) is 6.92 Å². The molecule has 1 rings (SSSR count). The van der Waals surface area contributed by atoms with Gasteiger partial charge in [0.2, 0.25) is 0 Å². The van der Waals surface area contributed by atoms with E-state index in [-0.39, 0.29) is 11.4 Å². The fourth-order valence-corrected chi connectivity index (χ4v) is 1.23. The maximum absolute atomic E-state index is 11.8. The standard InChI is InChI=1S/C10H15N3O3/c1-3-5-13-6-4-11-8(9(13)14)12-7(2)10(15)16/h4,6-7H,3,5H2,1-2H3,(H,11,12)(H,15,16). The Morgan fingerprint density at radius 1 is 1.69 bits per heavy atom. The minimum Gasteiger partial charge on any atom is -0.480 e. The monoisotopic (exact) mass is 225 g/mol. The molecule has 0 bridgehead atoms. The van der Waals surface area contributed by atoms with E-state index in [0.29, 0.717) is 6.54 Å². The highest BCUT2D eigenvalue weighted by molar-refractivity contribution is 5.76. The second-order valence-electron chi connectivity index (χ2n) is 3.48. The summed E-state index contributed by atoms with van der Waals surface area (Å²) >= 11 is 0. The molecular formula is C10H15N3O3. The summed E-state index contributed by atoms with van der Waals surface area (Å²) in [6, 6.07) is -0.835. The molecule has 16 heavy (non-hydrogen) atoms. The molecule has 0 amide bonds. The van der Waals surface area contributed by atoms with E-state index in [9.17, 15) is 9.59 Å². The van der Waals surface area contributed by atoms with E-state index in [1.54, 1.807) is 6.20 Å². The van der Waals surface area contributed by atoms with Gasteiger partial charge in [0.05, 0.1) is 0 Å². The molecule has 0 saturated carbocycles. The predicted molar refractivity (Wildman–Crippen MR) is 59.5 cm³/mol. The van der Waals surface area contributed by atoms with Gasteiger partial charge in [-0.25, -0.2) is 4.98 Å². The molecule has 0 aliphatic rings. The quantitative estimate of drug-likeness (QED) is 0.764. The number of carbonyl (C=O) groups is 1. The number of nitrogens with one attached hydrogen (secondary N) is 1. The number of aromatic nitrogens is 2. The van der Waals surface area contributed by atoms with Crippen LogP contribution in [0.25, 0.3) is 0 Å². The van der Waals surface area contributed by atoms with Crippen LogP contribution in [0.5, 0.6) is 0 Å². The third kappa shape index (κ3) is 2.82. The molecule has 2 N–H and O–H groups in total. The highest BCUT2D eigenvalue weighted by Crippen LogP contribution is 1.97. The van der Waals surface area contributed by atoms with Gasteiger partial charge < -0.3 is 15.0 Å². The molecule has 0 aromatic carbocycles. The first-order valence-corrected chi connectivity index (χ1v) is 5.11. The molecule has 6 heteroatoms. The summed E-state index contributed by atoms with van der Waals surface area (Å²) in [5.74, 6) is -0.946. The lowest BCUT2D eigenvalue weighted by molar-refractivity contribution is -0.137. The molecule has 1 aromatic rings. The zero-order valence-corrected chi connectivity index (χ0v) is 9.30. The van der Waals surface area contributed by atoms with Crippen LogP contribution in [0.15, 0.2) is 17.2 Å². The number of anilines is 1. The fraction of sp³-hybridized carbons (Fsp3) is 0.500. The lowest BCUT2D eigenvalue weighted by atomic mass is 10.3. The van der Waals surface area contributed by atoms with E-state index >= 15 is 0 Å². The largest absolute Gasteiger partial charge is 0.480 e. The normalized spacial score (nSPS) is 12.1. The van der Waals surface area contributed by atoms with Gasteiger partial charge in [0.25, 0.3) is 5.56 Å². The molecule has 0 aliphatic carbocycles. The molecule has 1 atom stereocenters. The fourth-order valence-electron chi connectivity index (χ4n) is 1.23. The summed E-state index contributed by atoms with van der Waals surface area (Å²) in [6.07, 6.45) is 3.90.